The Hall–Kier alpha value is -12.0. The predicted octanol–water partition coefficient (Wildman–Crippen LogP) is 40.2. The number of nitrogens with zero attached hydrogens (tertiary/aromatic N) is 11. The molecule has 9 aromatic carbocycles. The quantitative estimate of drug-likeness (QED) is 0.143. The number of rotatable bonds is 0. The molecule has 11 heteroatoms. The van der Waals surface area contributed by atoms with Crippen LogP contribution in [0.2, 0.25) is 0 Å². The molecule has 0 aliphatic heterocycles. The highest BCUT2D eigenvalue weighted by Gasteiger charge is 1.96. The van der Waals surface area contributed by atoms with Gasteiger partial charge in [-0.1, -0.05) is 521 Å². The lowest BCUT2D eigenvalue weighted by molar-refractivity contribution is 0.886. The summed E-state index contributed by atoms with van der Waals surface area (Å²) in [7, 11) is 0. The normalized spacial score (nSPS) is 8.31. The van der Waals surface area contributed by atoms with E-state index in [0.717, 1.165) is 54.8 Å². The Kier molecular flexibility index (Phi) is 145. The van der Waals surface area contributed by atoms with E-state index in [-0.39, 0.29) is 0 Å². The highest BCUT2D eigenvalue weighted by molar-refractivity contribution is 5.84. The topological polar surface area (TPSA) is 142 Å². The summed E-state index contributed by atoms with van der Waals surface area (Å²) in [5.74, 6) is 0. The van der Waals surface area contributed by atoms with Crippen molar-refractivity contribution in [3.63, 3.8) is 0 Å². The maximum Gasteiger partial charge on any atom is 0.159 e. The highest BCUT2D eigenvalue weighted by Crippen LogP contribution is 2.16. The summed E-state index contributed by atoms with van der Waals surface area (Å²) in [4.78, 5) is 28.8. The molecule has 1 fully saturated rings. The van der Waals surface area contributed by atoms with E-state index >= 15 is 0 Å². The molecule has 11 nitrogen and oxygen atoms in total. The SMILES string of the molecule is C1CCCC1.CC.CC.CC.CC.CC.CC.CC.CC.CC.CC.CC.CC.CC.CC.CC.CC.CC.CC.CC.CC.c1ccc2ccccc2c1.c1ccc2cnccc2c1.c1ccc2cnncc2c1.c1ccc2ncccc2c1.c1ccc2ncccc2c1.c1ccc2nccnc2c1.c1ccc2nnccc2c1.c1ccccc1.c1cnc2ncccc2c1. The van der Waals surface area contributed by atoms with Gasteiger partial charge in [-0.2, -0.15) is 20.4 Å². The molecule has 17 aromatic rings. The first-order valence-electron chi connectivity index (χ1n) is 50.2. The molecule has 0 atom stereocenters. The van der Waals surface area contributed by atoms with E-state index in [1.165, 1.54) is 64.4 Å². The molecular weight excluding hydrogens is 1600 g/mol. The lowest BCUT2D eigenvalue weighted by atomic mass is 10.1. The molecule has 0 saturated heterocycles. The fourth-order valence-corrected chi connectivity index (χ4v) is 9.14. The first-order chi connectivity index (χ1) is 65.2. The van der Waals surface area contributed by atoms with Crippen molar-refractivity contribution in [3.05, 3.63) is 359 Å². The third kappa shape index (κ3) is 77.7. The second-order valence-electron chi connectivity index (χ2n) is 20.2. The first-order valence-corrected chi connectivity index (χ1v) is 50.2. The van der Waals surface area contributed by atoms with Crippen molar-refractivity contribution < 1.29 is 0 Å². The molecule has 0 amide bonds. The fourth-order valence-electron chi connectivity index (χ4n) is 9.14. The van der Waals surface area contributed by atoms with Crippen LogP contribution in [-0.4, -0.2) is 55.3 Å². The molecule has 0 bridgehead atoms. The zero-order valence-electron chi connectivity index (χ0n) is 90.5. The second kappa shape index (κ2) is 131. The molecule has 0 unspecified atom stereocenters. The van der Waals surface area contributed by atoms with Gasteiger partial charge in [0.2, 0.25) is 0 Å². The number of fused-ring (bicyclic) bond motifs is 8. The summed E-state index contributed by atoms with van der Waals surface area (Å²) in [5.41, 5.74) is 5.78. The van der Waals surface area contributed by atoms with E-state index in [4.69, 9.17) is 0 Å². The molecule has 724 valence electrons. The van der Waals surface area contributed by atoms with Gasteiger partial charge in [0.05, 0.1) is 46.2 Å². The van der Waals surface area contributed by atoms with E-state index in [2.05, 4.69) is 140 Å². The smallest absolute Gasteiger partial charge is 0.159 e. The third-order valence-electron chi connectivity index (χ3n) is 13.8. The average molecular weight is 1790 g/mol. The fraction of sp³-hybridized carbons (Fsp3) is 0.375. The second-order valence-corrected chi connectivity index (χ2v) is 20.2. The molecule has 8 aromatic heterocycles. The van der Waals surface area contributed by atoms with Gasteiger partial charge in [-0.05, 0) is 100 Å². The van der Waals surface area contributed by atoms with Gasteiger partial charge in [-0.3, -0.25) is 24.9 Å². The number of aromatic nitrogens is 11. The van der Waals surface area contributed by atoms with E-state index in [9.17, 15) is 0 Å². The summed E-state index contributed by atoms with van der Waals surface area (Å²) in [6.07, 6.45) is 26.9. The van der Waals surface area contributed by atoms with Crippen LogP contribution in [0.4, 0.5) is 0 Å². The van der Waals surface area contributed by atoms with Gasteiger partial charge in [0.25, 0.3) is 0 Å². The van der Waals surface area contributed by atoms with Crippen LogP contribution in [0, 0.1) is 0 Å². The molecule has 0 N–H and O–H groups in total. The molecule has 1 saturated carbocycles. The molecule has 8 heterocycles. The van der Waals surface area contributed by atoms with Gasteiger partial charge in [0, 0.05) is 81.9 Å². The lowest BCUT2D eigenvalue weighted by Gasteiger charge is -1.92. The van der Waals surface area contributed by atoms with E-state index in [1.54, 1.807) is 43.4 Å². The first kappa shape index (κ1) is 145. The van der Waals surface area contributed by atoms with Crippen LogP contribution < -0.4 is 0 Å². The van der Waals surface area contributed by atoms with Crippen molar-refractivity contribution in [2.24, 2.45) is 0 Å². The van der Waals surface area contributed by atoms with Gasteiger partial charge in [0.15, 0.2) is 5.65 Å². The van der Waals surface area contributed by atoms with Crippen LogP contribution in [0.1, 0.15) is 309 Å². The Morgan fingerprint density at radius 3 is 0.618 bits per heavy atom. The number of hydrogen-bond donors (Lipinski definition) is 0. The molecule has 18 rings (SSSR count). The summed E-state index contributed by atoms with van der Waals surface area (Å²) in [6.45, 7) is 80.0. The number of para-hydroxylation sites is 4. The minimum absolute atomic E-state index is 0.810. The van der Waals surface area contributed by atoms with E-state index in [0.29, 0.717) is 0 Å². The highest BCUT2D eigenvalue weighted by atomic mass is 15.1. The zero-order valence-corrected chi connectivity index (χ0v) is 90.5. The molecule has 1 aliphatic rings. The molecule has 1 aliphatic carbocycles. The van der Waals surface area contributed by atoms with Crippen molar-refractivity contribution in [3.8, 4) is 0 Å². The summed E-state index contributed by atoms with van der Waals surface area (Å²) in [6, 6.07) is 96.6. The van der Waals surface area contributed by atoms with Crippen molar-refractivity contribution >= 4 is 87.1 Å². The van der Waals surface area contributed by atoms with Crippen LogP contribution >= 0.6 is 0 Å². The Balaban J connectivity index is -0.000000115. The average Bonchev–Trinajstić information content (AvgIpc) is 1.42. The lowest BCUT2D eigenvalue weighted by Crippen LogP contribution is -1.79. The zero-order chi connectivity index (χ0) is 102. The summed E-state index contributed by atoms with van der Waals surface area (Å²) in [5, 5.41) is 27.2. The van der Waals surface area contributed by atoms with Crippen LogP contribution in [0.5, 0.6) is 0 Å². The molecule has 0 radical (unpaired) electrons. The van der Waals surface area contributed by atoms with Crippen molar-refractivity contribution in [1.29, 1.82) is 0 Å². The number of hydrogen-bond acceptors (Lipinski definition) is 11. The maximum absolute atomic E-state index is 4.18. The summed E-state index contributed by atoms with van der Waals surface area (Å²) < 4.78 is 0. The number of benzene rings is 9. The van der Waals surface area contributed by atoms with Gasteiger partial charge in [-0.15, -0.1) is 0 Å². The number of pyridine rings is 5. The van der Waals surface area contributed by atoms with Crippen LogP contribution in [0.3, 0.4) is 0 Å². The van der Waals surface area contributed by atoms with Gasteiger partial charge in [-0.25, -0.2) is 9.97 Å². The summed E-state index contributed by atoms with van der Waals surface area (Å²) >= 11 is 0. The maximum atomic E-state index is 4.18. The van der Waals surface area contributed by atoms with E-state index < -0.39 is 0 Å². The standard InChI is InChI=1S/C10H8.3C9H7N.4C8H6N2.C6H6.C5H10.20C2H6/c1-2-6-10-8-4-3-7-9(10)5-1;2*1-2-6-9-8(4-1)5-3-7-10-9;1-2-4-9-7-10-6-5-8(9)3-1;1-3-7-4-2-6-10-8(7)9-5-1;1-2-4-8-6-10-9-5-7(8)3-1;1-2-4-8-7(3-1)9-5-6-10-8;1-2-4-8-7(3-1)5-6-9-10-8;1-2-4-6-5-3-1;1-2-4-5-3-1;20*1-2/h1-8H;3*1-7H;4*1-6H;1-6H;1-5H2;20*1-2H3. The Bertz CT molecular complexity index is 3410. The van der Waals surface area contributed by atoms with Crippen molar-refractivity contribution in [1.82, 2.24) is 55.3 Å². The Morgan fingerprint density at radius 1 is 0.137 bits per heavy atom. The Labute approximate surface area is 805 Å². The van der Waals surface area contributed by atoms with Crippen LogP contribution in [0.15, 0.2) is 359 Å². The third-order valence-corrected chi connectivity index (χ3v) is 13.8. The largest absolute Gasteiger partial charge is 0.264 e. The van der Waals surface area contributed by atoms with Crippen LogP contribution in [-0.2, 0) is 0 Å². The Morgan fingerprint density at radius 2 is 0.344 bits per heavy atom. The monoisotopic (exact) mass is 1780 g/mol. The van der Waals surface area contributed by atoms with Gasteiger partial charge in [0.1, 0.15) is 0 Å². The van der Waals surface area contributed by atoms with Crippen molar-refractivity contribution in [2.45, 2.75) is 309 Å². The minimum atomic E-state index is 0.810. The molecule has 0 spiro atoms. The van der Waals surface area contributed by atoms with E-state index in [1.807, 2.05) is 508 Å². The predicted molar refractivity (Wildman–Crippen MR) is 604 cm³/mol. The molecular formula is C120H189N11. The van der Waals surface area contributed by atoms with Gasteiger partial charge < -0.3 is 0 Å². The minimum Gasteiger partial charge on any atom is -0.264 e. The van der Waals surface area contributed by atoms with Crippen molar-refractivity contribution in [2.75, 3.05) is 0 Å². The molecule has 131 heavy (non-hydrogen) atoms. The van der Waals surface area contributed by atoms with Gasteiger partial charge >= 0.3 is 0 Å². The van der Waals surface area contributed by atoms with Crippen LogP contribution in [0.25, 0.3) is 87.1 Å².